The topological polar surface area (TPSA) is 64.0 Å². The summed E-state index contributed by atoms with van der Waals surface area (Å²) in [7, 11) is 0. The van der Waals surface area contributed by atoms with Crippen LogP contribution in [0.15, 0.2) is 29.1 Å². The fourth-order valence-electron chi connectivity index (χ4n) is 3.07. The van der Waals surface area contributed by atoms with E-state index >= 15 is 0 Å². The van der Waals surface area contributed by atoms with Gasteiger partial charge in [-0.3, -0.25) is 9.59 Å². The Morgan fingerprint density at radius 1 is 1.04 bits per heavy atom. The fourth-order valence-corrected chi connectivity index (χ4v) is 3.07. The van der Waals surface area contributed by atoms with E-state index in [4.69, 9.17) is 0 Å². The van der Waals surface area contributed by atoms with Crippen molar-refractivity contribution in [3.05, 3.63) is 40.3 Å². The molecule has 1 N–H and O–H groups in total. The standard InChI is InChI=1S/C21H31N3O2/c1-14(2)9-8-10-16(5)22-20(25)19-17-11-6-7-12-18(17)21(26)24(23-19)13-15(3)4/h6-7,11-12,14-16H,8-10,13H2,1-5H3,(H,22,25). The van der Waals surface area contributed by atoms with Gasteiger partial charge in [0.05, 0.1) is 5.39 Å². The molecule has 5 nitrogen and oxygen atoms in total. The minimum Gasteiger partial charge on any atom is -0.348 e. The van der Waals surface area contributed by atoms with Crippen molar-refractivity contribution < 1.29 is 4.79 Å². The Morgan fingerprint density at radius 3 is 2.31 bits per heavy atom. The van der Waals surface area contributed by atoms with Gasteiger partial charge in [-0.25, -0.2) is 4.68 Å². The predicted molar refractivity (Wildman–Crippen MR) is 106 cm³/mol. The Labute approximate surface area is 155 Å². The molecule has 2 aromatic rings. The molecule has 1 atom stereocenters. The number of hydrogen-bond acceptors (Lipinski definition) is 3. The van der Waals surface area contributed by atoms with Crippen molar-refractivity contribution in [2.75, 3.05) is 0 Å². The maximum Gasteiger partial charge on any atom is 0.274 e. The van der Waals surface area contributed by atoms with Crippen molar-refractivity contribution in [3.63, 3.8) is 0 Å². The van der Waals surface area contributed by atoms with Crippen LogP contribution in [-0.2, 0) is 6.54 Å². The van der Waals surface area contributed by atoms with Gasteiger partial charge in [-0.2, -0.15) is 5.10 Å². The molecule has 0 radical (unpaired) electrons. The number of benzene rings is 1. The summed E-state index contributed by atoms with van der Waals surface area (Å²) < 4.78 is 1.42. The summed E-state index contributed by atoms with van der Waals surface area (Å²) in [6.45, 7) is 11.0. The number of fused-ring (bicyclic) bond motifs is 1. The number of amides is 1. The summed E-state index contributed by atoms with van der Waals surface area (Å²) in [4.78, 5) is 25.5. The molecule has 0 aliphatic heterocycles. The lowest BCUT2D eigenvalue weighted by Gasteiger charge is -2.16. The van der Waals surface area contributed by atoms with Crippen molar-refractivity contribution in [3.8, 4) is 0 Å². The Bertz CT molecular complexity index is 808. The van der Waals surface area contributed by atoms with Crippen LogP contribution in [0.5, 0.6) is 0 Å². The molecule has 0 bridgehead atoms. The van der Waals surface area contributed by atoms with E-state index in [9.17, 15) is 9.59 Å². The highest BCUT2D eigenvalue weighted by atomic mass is 16.2. The summed E-state index contributed by atoms with van der Waals surface area (Å²) in [5, 5.41) is 8.60. The first-order chi connectivity index (χ1) is 12.3. The number of nitrogens with one attached hydrogen (secondary N) is 1. The second-order valence-electron chi connectivity index (χ2n) is 7.97. The maximum atomic E-state index is 12.8. The Morgan fingerprint density at radius 2 is 1.69 bits per heavy atom. The molecule has 142 valence electrons. The van der Waals surface area contributed by atoms with Gasteiger partial charge in [-0.1, -0.05) is 58.7 Å². The summed E-state index contributed by atoms with van der Waals surface area (Å²) in [5.41, 5.74) is 0.187. The molecule has 26 heavy (non-hydrogen) atoms. The molecule has 0 fully saturated rings. The maximum absolute atomic E-state index is 12.8. The van der Waals surface area contributed by atoms with E-state index in [2.05, 4.69) is 24.3 Å². The van der Waals surface area contributed by atoms with Gasteiger partial charge < -0.3 is 5.32 Å². The van der Waals surface area contributed by atoms with Gasteiger partial charge in [-0.05, 0) is 31.2 Å². The lowest BCUT2D eigenvalue weighted by molar-refractivity contribution is 0.0932. The Balaban J connectivity index is 2.28. The zero-order chi connectivity index (χ0) is 19.3. The highest BCUT2D eigenvalue weighted by Gasteiger charge is 2.18. The molecule has 0 saturated heterocycles. The van der Waals surface area contributed by atoms with E-state index in [0.29, 0.717) is 28.9 Å². The van der Waals surface area contributed by atoms with Crippen LogP contribution in [0.1, 0.15) is 64.4 Å². The van der Waals surface area contributed by atoms with Gasteiger partial charge in [0.2, 0.25) is 0 Å². The van der Waals surface area contributed by atoms with Crippen LogP contribution in [0.4, 0.5) is 0 Å². The minimum absolute atomic E-state index is 0.0762. The van der Waals surface area contributed by atoms with Crippen molar-refractivity contribution >= 4 is 16.7 Å². The molecule has 0 aliphatic rings. The molecule has 5 heteroatoms. The molecule has 1 unspecified atom stereocenters. The van der Waals surface area contributed by atoms with Crippen molar-refractivity contribution in [2.45, 2.75) is 66.5 Å². The van der Waals surface area contributed by atoms with Gasteiger partial charge in [0.25, 0.3) is 11.5 Å². The smallest absolute Gasteiger partial charge is 0.274 e. The molecule has 0 spiro atoms. The first-order valence-electron chi connectivity index (χ1n) is 9.60. The van der Waals surface area contributed by atoms with Gasteiger partial charge in [0.15, 0.2) is 5.69 Å². The Kier molecular flexibility index (Phi) is 6.95. The van der Waals surface area contributed by atoms with E-state index in [1.54, 1.807) is 12.1 Å². The van der Waals surface area contributed by atoms with Gasteiger partial charge in [-0.15, -0.1) is 0 Å². The highest BCUT2D eigenvalue weighted by Crippen LogP contribution is 2.15. The Hall–Kier alpha value is -2.17. The molecule has 1 aromatic heterocycles. The number of rotatable bonds is 8. The van der Waals surface area contributed by atoms with Crippen molar-refractivity contribution in [1.82, 2.24) is 15.1 Å². The van der Waals surface area contributed by atoms with E-state index in [1.165, 1.54) is 4.68 Å². The molecular formula is C21H31N3O2. The third-order valence-electron chi connectivity index (χ3n) is 4.42. The summed E-state index contributed by atoms with van der Waals surface area (Å²) in [6.07, 6.45) is 3.17. The first-order valence-corrected chi connectivity index (χ1v) is 9.60. The van der Waals surface area contributed by atoms with E-state index in [-0.39, 0.29) is 23.4 Å². The van der Waals surface area contributed by atoms with Crippen LogP contribution >= 0.6 is 0 Å². The third-order valence-corrected chi connectivity index (χ3v) is 4.42. The monoisotopic (exact) mass is 357 g/mol. The average Bonchev–Trinajstić information content (AvgIpc) is 2.56. The predicted octanol–water partition coefficient (Wildman–Crippen LogP) is 4.00. The van der Waals surface area contributed by atoms with E-state index < -0.39 is 0 Å². The number of hydrogen-bond donors (Lipinski definition) is 1. The highest BCUT2D eigenvalue weighted by molar-refractivity contribution is 6.04. The molecule has 0 aliphatic carbocycles. The fraction of sp³-hybridized carbons (Fsp3) is 0.571. The lowest BCUT2D eigenvalue weighted by Crippen LogP contribution is -2.36. The van der Waals surface area contributed by atoms with Gasteiger partial charge >= 0.3 is 0 Å². The van der Waals surface area contributed by atoms with Crippen molar-refractivity contribution in [2.24, 2.45) is 11.8 Å². The third kappa shape index (κ3) is 5.16. The number of nitrogens with zero attached hydrogens (tertiary/aromatic N) is 2. The molecule has 1 heterocycles. The minimum atomic E-state index is -0.212. The molecule has 2 rings (SSSR count). The normalized spacial score (nSPS) is 12.7. The van der Waals surface area contributed by atoms with Crippen molar-refractivity contribution in [1.29, 1.82) is 0 Å². The number of carbonyl (C=O) groups excluding carboxylic acids is 1. The van der Waals surface area contributed by atoms with E-state index in [0.717, 1.165) is 19.3 Å². The lowest BCUT2D eigenvalue weighted by atomic mass is 10.0. The second kappa shape index (κ2) is 8.97. The van der Waals surface area contributed by atoms with Gasteiger partial charge in [0, 0.05) is 18.0 Å². The average molecular weight is 357 g/mol. The quantitative estimate of drug-likeness (QED) is 0.777. The SMILES string of the molecule is CC(C)CCCC(C)NC(=O)c1nn(CC(C)C)c(=O)c2ccccc12. The summed E-state index contributed by atoms with van der Waals surface area (Å²) in [6, 6.07) is 7.28. The molecular weight excluding hydrogens is 326 g/mol. The second-order valence-corrected chi connectivity index (χ2v) is 7.97. The zero-order valence-electron chi connectivity index (χ0n) is 16.6. The van der Waals surface area contributed by atoms with Crippen LogP contribution in [0.3, 0.4) is 0 Å². The van der Waals surface area contributed by atoms with Crippen LogP contribution in [0.2, 0.25) is 0 Å². The largest absolute Gasteiger partial charge is 0.348 e. The summed E-state index contributed by atoms with van der Waals surface area (Å²) >= 11 is 0. The van der Waals surface area contributed by atoms with Crippen LogP contribution in [0, 0.1) is 11.8 Å². The molecule has 0 saturated carbocycles. The number of carbonyl (C=O) groups is 1. The number of aromatic nitrogens is 2. The van der Waals surface area contributed by atoms with Crippen LogP contribution in [-0.4, -0.2) is 21.7 Å². The first kappa shape index (κ1) is 20.1. The van der Waals surface area contributed by atoms with Crippen LogP contribution in [0.25, 0.3) is 10.8 Å². The van der Waals surface area contributed by atoms with Crippen LogP contribution < -0.4 is 10.9 Å². The van der Waals surface area contributed by atoms with Gasteiger partial charge in [0.1, 0.15) is 0 Å². The molecule has 1 aromatic carbocycles. The zero-order valence-corrected chi connectivity index (χ0v) is 16.6. The molecule has 1 amide bonds. The summed E-state index contributed by atoms with van der Waals surface area (Å²) in [5.74, 6) is 0.728. The van der Waals surface area contributed by atoms with E-state index in [1.807, 2.05) is 32.9 Å².